The molecule has 0 unspecified atom stereocenters. The number of methoxy groups -OCH3 is 1. The minimum atomic E-state index is -0.616. The van der Waals surface area contributed by atoms with Gasteiger partial charge in [-0.1, -0.05) is 24.3 Å². The summed E-state index contributed by atoms with van der Waals surface area (Å²) in [6, 6.07) is 17.0. The number of hydrogen-bond acceptors (Lipinski definition) is 6. The van der Waals surface area contributed by atoms with E-state index < -0.39 is 5.97 Å². The van der Waals surface area contributed by atoms with Crippen molar-refractivity contribution in [1.29, 1.82) is 5.26 Å². The summed E-state index contributed by atoms with van der Waals surface area (Å²) in [7, 11) is 1.27. The Morgan fingerprint density at radius 1 is 1.18 bits per heavy atom. The van der Waals surface area contributed by atoms with E-state index in [1.165, 1.54) is 13.3 Å². The molecule has 2 heterocycles. The molecular weight excluding hydrogens is 354 g/mol. The molecule has 0 aliphatic carbocycles. The quantitative estimate of drug-likeness (QED) is 0.555. The van der Waals surface area contributed by atoms with Crippen LogP contribution >= 0.6 is 0 Å². The summed E-state index contributed by atoms with van der Waals surface area (Å²) in [4.78, 5) is 21.3. The first kappa shape index (κ1) is 17.2. The molecule has 0 aliphatic heterocycles. The Balaban J connectivity index is 1.85. The van der Waals surface area contributed by atoms with Gasteiger partial charge in [0.2, 0.25) is 0 Å². The minimum Gasteiger partial charge on any atom is -0.464 e. The Hall–Kier alpha value is -4.18. The lowest BCUT2D eigenvalue weighted by Crippen LogP contribution is -2.11. The van der Waals surface area contributed by atoms with E-state index >= 15 is 0 Å². The summed E-state index contributed by atoms with van der Waals surface area (Å²) >= 11 is 0. The smallest absolute Gasteiger partial charge is 0.357 e. The van der Waals surface area contributed by atoms with Crippen molar-refractivity contribution in [1.82, 2.24) is 14.5 Å². The number of nitrogens with two attached hydrogens (primary N) is 1. The first-order valence-corrected chi connectivity index (χ1v) is 8.44. The largest absolute Gasteiger partial charge is 0.464 e. The molecule has 0 amide bonds. The van der Waals surface area contributed by atoms with E-state index in [9.17, 15) is 10.1 Å². The molecule has 0 aliphatic rings. The Labute approximate surface area is 160 Å². The summed E-state index contributed by atoms with van der Waals surface area (Å²) < 4.78 is 6.38. The molecule has 0 radical (unpaired) electrons. The Morgan fingerprint density at radius 2 is 1.96 bits per heavy atom. The average Bonchev–Trinajstić information content (AvgIpc) is 3.09. The Morgan fingerprint density at radius 3 is 2.71 bits per heavy atom. The number of carbonyl (C=O) groups excluding carboxylic acids is 1. The minimum absolute atomic E-state index is 0.0882. The number of ether oxygens (including phenoxy) is 1. The second-order valence-corrected chi connectivity index (χ2v) is 6.07. The molecule has 28 heavy (non-hydrogen) atoms. The lowest BCUT2D eigenvalue weighted by atomic mass is 10.1. The van der Waals surface area contributed by atoms with Crippen molar-refractivity contribution in [3.05, 3.63) is 72.2 Å². The molecule has 0 atom stereocenters. The van der Waals surface area contributed by atoms with Gasteiger partial charge in [-0.2, -0.15) is 5.26 Å². The first-order chi connectivity index (χ1) is 13.6. The lowest BCUT2D eigenvalue weighted by Gasteiger charge is -2.10. The van der Waals surface area contributed by atoms with Crippen molar-refractivity contribution in [2.24, 2.45) is 0 Å². The zero-order valence-corrected chi connectivity index (χ0v) is 15.0. The number of carbonyl (C=O) groups is 1. The molecule has 2 aromatic heterocycles. The van der Waals surface area contributed by atoms with Gasteiger partial charge < -0.3 is 15.0 Å². The van der Waals surface area contributed by atoms with Crippen LogP contribution < -0.4 is 5.73 Å². The Kier molecular flexibility index (Phi) is 4.22. The second kappa shape index (κ2) is 6.85. The third-order valence-corrected chi connectivity index (χ3v) is 4.41. The maximum Gasteiger partial charge on any atom is 0.357 e. The third kappa shape index (κ3) is 2.83. The SMILES string of the molecule is COC(=O)c1c(N)c(C#N)cn1-c1cccc(-c2cnc3ccccc3n2)c1. The maximum atomic E-state index is 12.2. The number of nitrogens with zero attached hydrogens (tertiary/aromatic N) is 4. The van der Waals surface area contributed by atoms with Crippen LogP contribution in [0.4, 0.5) is 5.69 Å². The van der Waals surface area contributed by atoms with Crippen molar-refractivity contribution in [3.63, 3.8) is 0 Å². The standard InChI is InChI=1S/C21H15N5O2/c1-28-21(27)20-19(23)14(10-22)12-26(20)15-6-4-5-13(9-15)18-11-24-16-7-2-3-8-17(16)25-18/h2-9,11-12H,23H2,1H3. The molecule has 0 saturated carbocycles. The number of nitriles is 1. The summed E-state index contributed by atoms with van der Waals surface area (Å²) in [6.07, 6.45) is 3.22. The van der Waals surface area contributed by atoms with Crippen molar-refractivity contribution in [3.8, 4) is 23.0 Å². The zero-order valence-electron chi connectivity index (χ0n) is 15.0. The molecule has 2 aromatic carbocycles. The number of rotatable bonds is 3. The van der Waals surface area contributed by atoms with Gasteiger partial charge in [0.15, 0.2) is 5.69 Å². The highest BCUT2D eigenvalue weighted by Gasteiger charge is 2.21. The molecule has 4 rings (SSSR count). The monoisotopic (exact) mass is 369 g/mol. The van der Waals surface area contributed by atoms with Crippen LogP contribution in [0.1, 0.15) is 16.1 Å². The van der Waals surface area contributed by atoms with Gasteiger partial charge in [-0.05, 0) is 24.3 Å². The molecule has 4 aromatic rings. The fourth-order valence-corrected chi connectivity index (χ4v) is 3.03. The number of esters is 1. The van der Waals surface area contributed by atoms with Crippen LogP contribution in [0.5, 0.6) is 0 Å². The van der Waals surface area contributed by atoms with Gasteiger partial charge >= 0.3 is 5.97 Å². The highest BCUT2D eigenvalue weighted by atomic mass is 16.5. The van der Waals surface area contributed by atoms with Crippen molar-refractivity contribution < 1.29 is 9.53 Å². The molecule has 136 valence electrons. The van der Waals surface area contributed by atoms with Gasteiger partial charge in [0.05, 0.1) is 41.3 Å². The summed E-state index contributed by atoms with van der Waals surface area (Å²) in [5.74, 6) is -0.616. The van der Waals surface area contributed by atoms with E-state index in [-0.39, 0.29) is 16.9 Å². The van der Waals surface area contributed by atoms with Gasteiger partial charge in [0, 0.05) is 17.4 Å². The van der Waals surface area contributed by atoms with Gasteiger partial charge in [-0.15, -0.1) is 0 Å². The van der Waals surface area contributed by atoms with E-state index in [0.717, 1.165) is 16.6 Å². The predicted molar refractivity (Wildman–Crippen MR) is 105 cm³/mol. The molecule has 0 saturated heterocycles. The van der Waals surface area contributed by atoms with Gasteiger partial charge in [-0.25, -0.2) is 9.78 Å². The van der Waals surface area contributed by atoms with E-state index in [2.05, 4.69) is 9.97 Å². The lowest BCUT2D eigenvalue weighted by molar-refractivity contribution is 0.0593. The van der Waals surface area contributed by atoms with Crippen LogP contribution in [0.3, 0.4) is 0 Å². The number of para-hydroxylation sites is 2. The summed E-state index contributed by atoms with van der Waals surface area (Å²) in [5, 5.41) is 9.28. The van der Waals surface area contributed by atoms with Crippen molar-refractivity contribution in [2.75, 3.05) is 12.8 Å². The van der Waals surface area contributed by atoms with Crippen LogP contribution in [0, 0.1) is 11.3 Å². The molecule has 7 nitrogen and oxygen atoms in total. The number of benzene rings is 2. The highest BCUT2D eigenvalue weighted by Crippen LogP contribution is 2.27. The number of aromatic nitrogens is 3. The number of nitrogen functional groups attached to an aromatic ring is 1. The molecule has 0 fully saturated rings. The van der Waals surface area contributed by atoms with Crippen molar-refractivity contribution in [2.45, 2.75) is 0 Å². The van der Waals surface area contributed by atoms with Crippen LogP contribution in [-0.4, -0.2) is 27.6 Å². The zero-order chi connectivity index (χ0) is 19.7. The van der Waals surface area contributed by atoms with E-state index in [1.807, 2.05) is 54.6 Å². The van der Waals surface area contributed by atoms with Crippen molar-refractivity contribution >= 4 is 22.7 Å². The van der Waals surface area contributed by atoms with Gasteiger partial charge in [0.25, 0.3) is 0 Å². The van der Waals surface area contributed by atoms with Gasteiger partial charge in [-0.3, -0.25) is 4.98 Å². The number of anilines is 1. The number of hydrogen-bond donors (Lipinski definition) is 1. The van der Waals surface area contributed by atoms with Crippen LogP contribution in [0.25, 0.3) is 28.0 Å². The van der Waals surface area contributed by atoms with E-state index in [1.54, 1.807) is 10.8 Å². The van der Waals surface area contributed by atoms with E-state index in [4.69, 9.17) is 10.5 Å². The topological polar surface area (TPSA) is 107 Å². The highest BCUT2D eigenvalue weighted by molar-refractivity contribution is 5.96. The maximum absolute atomic E-state index is 12.2. The molecule has 0 bridgehead atoms. The first-order valence-electron chi connectivity index (χ1n) is 8.44. The molecular formula is C21H15N5O2. The fourth-order valence-electron chi connectivity index (χ4n) is 3.03. The number of fused-ring (bicyclic) bond motifs is 1. The normalized spacial score (nSPS) is 10.6. The fraction of sp³-hybridized carbons (Fsp3) is 0.0476. The average molecular weight is 369 g/mol. The predicted octanol–water partition coefficient (Wildman–Crippen LogP) is 3.33. The molecule has 2 N–H and O–H groups in total. The van der Waals surface area contributed by atoms with Crippen LogP contribution in [-0.2, 0) is 4.74 Å². The molecule has 7 heteroatoms. The Bertz CT molecular complexity index is 1250. The second-order valence-electron chi connectivity index (χ2n) is 6.07. The van der Waals surface area contributed by atoms with E-state index in [0.29, 0.717) is 11.4 Å². The molecule has 0 spiro atoms. The van der Waals surface area contributed by atoms with Crippen LogP contribution in [0.15, 0.2) is 60.9 Å². The summed E-state index contributed by atoms with van der Waals surface area (Å²) in [5.41, 5.74) is 10.1. The van der Waals surface area contributed by atoms with Gasteiger partial charge in [0.1, 0.15) is 6.07 Å². The third-order valence-electron chi connectivity index (χ3n) is 4.41. The van der Waals surface area contributed by atoms with Crippen LogP contribution in [0.2, 0.25) is 0 Å². The summed E-state index contributed by atoms with van der Waals surface area (Å²) in [6.45, 7) is 0.